The van der Waals surface area contributed by atoms with E-state index in [0.717, 1.165) is 16.6 Å². The van der Waals surface area contributed by atoms with Crippen molar-refractivity contribution in [3.05, 3.63) is 60.0 Å². The van der Waals surface area contributed by atoms with Gasteiger partial charge < -0.3 is 0 Å². The molecule has 0 saturated heterocycles. The second-order valence-electron chi connectivity index (χ2n) is 4.40. The minimum absolute atomic E-state index is 0.00977. The zero-order valence-corrected chi connectivity index (χ0v) is 10.6. The summed E-state index contributed by atoms with van der Waals surface area (Å²) in [4.78, 5) is 16.2. The molecule has 0 N–H and O–H groups in total. The lowest BCUT2D eigenvalue weighted by Crippen LogP contribution is -2.06. The highest BCUT2D eigenvalue weighted by molar-refractivity contribution is 5.97. The van der Waals surface area contributed by atoms with Crippen molar-refractivity contribution in [2.45, 2.75) is 6.42 Å². The number of nitrogens with zero attached hydrogens (tertiary/aromatic N) is 3. The van der Waals surface area contributed by atoms with Crippen molar-refractivity contribution < 1.29 is 4.79 Å². The zero-order chi connectivity index (χ0) is 13.2. The standard InChI is InChI=1S/C15H13N3O/c1-18-14-8-3-2-6-11(14)13(17-18)10-15(19)12-7-4-5-9-16-12/h2-9H,10H2,1H3. The summed E-state index contributed by atoms with van der Waals surface area (Å²) in [5, 5.41) is 5.45. The number of carbonyl (C=O) groups is 1. The van der Waals surface area contributed by atoms with Crippen LogP contribution in [-0.4, -0.2) is 20.5 Å². The van der Waals surface area contributed by atoms with Crippen LogP contribution in [0.15, 0.2) is 48.7 Å². The van der Waals surface area contributed by atoms with Crippen LogP contribution < -0.4 is 0 Å². The number of hydrogen-bond donors (Lipinski definition) is 0. The second kappa shape index (κ2) is 4.65. The molecule has 4 nitrogen and oxygen atoms in total. The molecular weight excluding hydrogens is 238 g/mol. The minimum atomic E-state index is -0.00977. The number of benzene rings is 1. The summed E-state index contributed by atoms with van der Waals surface area (Å²) >= 11 is 0. The Morgan fingerprint density at radius 1 is 1.16 bits per heavy atom. The normalized spacial score (nSPS) is 10.8. The highest BCUT2D eigenvalue weighted by Crippen LogP contribution is 2.18. The van der Waals surface area contributed by atoms with Gasteiger partial charge in [-0.3, -0.25) is 14.5 Å². The average molecular weight is 251 g/mol. The number of para-hydroxylation sites is 1. The molecule has 1 aromatic carbocycles. The predicted molar refractivity (Wildman–Crippen MR) is 73.0 cm³/mol. The van der Waals surface area contributed by atoms with Crippen LogP contribution >= 0.6 is 0 Å². The average Bonchev–Trinajstić information content (AvgIpc) is 2.77. The number of pyridine rings is 1. The molecule has 0 spiro atoms. The molecule has 0 unspecified atom stereocenters. The molecule has 19 heavy (non-hydrogen) atoms. The summed E-state index contributed by atoms with van der Waals surface area (Å²) < 4.78 is 1.80. The first-order valence-electron chi connectivity index (χ1n) is 6.10. The van der Waals surface area contributed by atoms with Gasteiger partial charge in [0.25, 0.3) is 0 Å². The van der Waals surface area contributed by atoms with Crippen LogP contribution in [-0.2, 0) is 13.5 Å². The highest BCUT2D eigenvalue weighted by atomic mass is 16.1. The molecule has 3 aromatic rings. The number of aryl methyl sites for hydroxylation is 1. The van der Waals surface area contributed by atoms with Gasteiger partial charge in [0.1, 0.15) is 5.69 Å². The van der Waals surface area contributed by atoms with Crippen LogP contribution in [0.1, 0.15) is 16.2 Å². The van der Waals surface area contributed by atoms with E-state index < -0.39 is 0 Å². The lowest BCUT2D eigenvalue weighted by molar-refractivity contribution is 0.0987. The molecule has 0 fully saturated rings. The molecular formula is C15H13N3O. The van der Waals surface area contributed by atoms with Crippen molar-refractivity contribution in [3.63, 3.8) is 0 Å². The summed E-state index contributed by atoms with van der Waals surface area (Å²) in [5.41, 5.74) is 2.32. The molecule has 0 atom stereocenters. The van der Waals surface area contributed by atoms with E-state index in [0.29, 0.717) is 5.69 Å². The van der Waals surface area contributed by atoms with Gasteiger partial charge in [-0.05, 0) is 18.2 Å². The third kappa shape index (κ3) is 2.12. The number of ketones is 1. The molecule has 4 heteroatoms. The minimum Gasteiger partial charge on any atom is -0.292 e. The van der Waals surface area contributed by atoms with Crippen molar-refractivity contribution in [2.75, 3.05) is 0 Å². The van der Waals surface area contributed by atoms with Gasteiger partial charge in [-0.2, -0.15) is 5.10 Å². The molecule has 3 rings (SSSR count). The van der Waals surface area contributed by atoms with Crippen LogP contribution in [0.3, 0.4) is 0 Å². The van der Waals surface area contributed by atoms with Crippen LogP contribution in [0.25, 0.3) is 10.9 Å². The van der Waals surface area contributed by atoms with Crippen molar-refractivity contribution in [3.8, 4) is 0 Å². The lowest BCUT2D eigenvalue weighted by atomic mass is 10.1. The maximum absolute atomic E-state index is 12.2. The first kappa shape index (κ1) is 11.6. The number of rotatable bonds is 3. The van der Waals surface area contributed by atoms with E-state index in [4.69, 9.17) is 0 Å². The first-order chi connectivity index (χ1) is 9.25. The van der Waals surface area contributed by atoms with E-state index >= 15 is 0 Å². The summed E-state index contributed by atoms with van der Waals surface area (Å²) in [6.45, 7) is 0. The van der Waals surface area contributed by atoms with Gasteiger partial charge in [-0.1, -0.05) is 24.3 Å². The van der Waals surface area contributed by atoms with E-state index in [1.807, 2.05) is 37.4 Å². The summed E-state index contributed by atoms with van der Waals surface area (Å²) in [6.07, 6.45) is 1.90. The van der Waals surface area contributed by atoms with Gasteiger partial charge in [0.15, 0.2) is 5.78 Å². The van der Waals surface area contributed by atoms with Gasteiger partial charge in [-0.15, -0.1) is 0 Å². The Morgan fingerprint density at radius 3 is 2.74 bits per heavy atom. The van der Waals surface area contributed by atoms with Gasteiger partial charge in [-0.25, -0.2) is 0 Å². The van der Waals surface area contributed by atoms with E-state index in [-0.39, 0.29) is 12.2 Å². The molecule has 0 aliphatic carbocycles. The molecule has 0 radical (unpaired) electrons. The molecule has 0 bridgehead atoms. The summed E-state index contributed by atoms with van der Waals surface area (Å²) in [5.74, 6) is -0.00977. The van der Waals surface area contributed by atoms with Gasteiger partial charge >= 0.3 is 0 Å². The topological polar surface area (TPSA) is 47.8 Å². The van der Waals surface area contributed by atoms with Crippen LogP contribution in [0.5, 0.6) is 0 Å². The predicted octanol–water partition coefficient (Wildman–Crippen LogP) is 2.39. The van der Waals surface area contributed by atoms with E-state index in [2.05, 4.69) is 10.1 Å². The second-order valence-corrected chi connectivity index (χ2v) is 4.40. The van der Waals surface area contributed by atoms with Gasteiger partial charge in [0.05, 0.1) is 17.6 Å². The number of carbonyl (C=O) groups excluding carboxylic acids is 1. The molecule has 0 aliphatic rings. The van der Waals surface area contributed by atoms with Crippen molar-refractivity contribution in [1.29, 1.82) is 0 Å². The SMILES string of the molecule is Cn1nc(CC(=O)c2ccccn2)c2ccccc21. The van der Waals surface area contributed by atoms with Crippen LogP contribution in [0, 0.1) is 0 Å². The fourth-order valence-corrected chi connectivity index (χ4v) is 2.19. The summed E-state index contributed by atoms with van der Waals surface area (Å²) in [6, 6.07) is 13.3. The third-order valence-corrected chi connectivity index (χ3v) is 3.11. The molecule has 2 aromatic heterocycles. The molecule has 0 aliphatic heterocycles. The number of aromatic nitrogens is 3. The Balaban J connectivity index is 1.96. The van der Waals surface area contributed by atoms with Crippen LogP contribution in [0.4, 0.5) is 0 Å². The number of Topliss-reactive ketones (excluding diaryl/α,β-unsaturated/α-hetero) is 1. The van der Waals surface area contributed by atoms with Gasteiger partial charge in [0.2, 0.25) is 0 Å². The first-order valence-corrected chi connectivity index (χ1v) is 6.10. The Labute approximate surface area is 110 Å². The fourth-order valence-electron chi connectivity index (χ4n) is 2.19. The zero-order valence-electron chi connectivity index (χ0n) is 10.6. The van der Waals surface area contributed by atoms with Gasteiger partial charge in [0, 0.05) is 18.6 Å². The van der Waals surface area contributed by atoms with E-state index in [1.54, 1.807) is 23.0 Å². The largest absolute Gasteiger partial charge is 0.292 e. The molecule has 94 valence electrons. The smallest absolute Gasteiger partial charge is 0.187 e. The van der Waals surface area contributed by atoms with Crippen molar-refractivity contribution in [1.82, 2.24) is 14.8 Å². The Hall–Kier alpha value is -2.49. The van der Waals surface area contributed by atoms with Crippen molar-refractivity contribution in [2.24, 2.45) is 7.05 Å². The fraction of sp³-hybridized carbons (Fsp3) is 0.133. The van der Waals surface area contributed by atoms with Crippen LogP contribution in [0.2, 0.25) is 0 Å². The highest BCUT2D eigenvalue weighted by Gasteiger charge is 2.14. The van der Waals surface area contributed by atoms with E-state index in [9.17, 15) is 4.79 Å². The van der Waals surface area contributed by atoms with Crippen molar-refractivity contribution >= 4 is 16.7 Å². The molecule has 0 amide bonds. The maximum Gasteiger partial charge on any atom is 0.187 e. The molecule has 0 saturated carbocycles. The Kier molecular flexibility index (Phi) is 2.83. The molecule has 2 heterocycles. The quantitative estimate of drug-likeness (QED) is 0.671. The number of hydrogen-bond acceptors (Lipinski definition) is 3. The third-order valence-electron chi connectivity index (χ3n) is 3.11. The summed E-state index contributed by atoms with van der Waals surface area (Å²) in [7, 11) is 1.89. The Bertz CT molecular complexity index is 731. The maximum atomic E-state index is 12.2. The number of fused-ring (bicyclic) bond motifs is 1. The monoisotopic (exact) mass is 251 g/mol. The lowest BCUT2D eigenvalue weighted by Gasteiger charge is -1.97. The van der Waals surface area contributed by atoms with E-state index in [1.165, 1.54) is 0 Å². The Morgan fingerprint density at radius 2 is 1.95 bits per heavy atom.